The van der Waals surface area contributed by atoms with Gasteiger partial charge in [-0.05, 0) is 42.8 Å². The van der Waals surface area contributed by atoms with Gasteiger partial charge in [0.15, 0.2) is 0 Å². The first kappa shape index (κ1) is 20.6. The highest BCUT2D eigenvalue weighted by atomic mass is 32.2. The van der Waals surface area contributed by atoms with E-state index in [4.69, 9.17) is 5.11 Å². The van der Waals surface area contributed by atoms with Gasteiger partial charge >= 0.3 is 5.97 Å². The van der Waals surface area contributed by atoms with Gasteiger partial charge in [-0.1, -0.05) is 26.0 Å². The summed E-state index contributed by atoms with van der Waals surface area (Å²) in [6.45, 7) is 5.90. The number of benzene rings is 2. The van der Waals surface area contributed by atoms with Gasteiger partial charge in [0.05, 0.1) is 10.5 Å². The molecule has 0 bridgehead atoms. The number of nitrogens with one attached hydrogen (secondary N) is 1. The molecule has 0 saturated carbocycles. The molecule has 8 heteroatoms. The highest BCUT2D eigenvalue weighted by molar-refractivity contribution is 7.89. The summed E-state index contributed by atoms with van der Waals surface area (Å²) in [6.07, 6.45) is 0. The molecule has 0 aliphatic heterocycles. The van der Waals surface area contributed by atoms with Crippen LogP contribution in [0.15, 0.2) is 47.4 Å². The van der Waals surface area contributed by atoms with Crippen LogP contribution in [-0.4, -0.2) is 42.8 Å². The average Bonchev–Trinajstić information content (AvgIpc) is 2.64. The fourth-order valence-corrected chi connectivity index (χ4v) is 4.36. The van der Waals surface area contributed by atoms with Gasteiger partial charge in [-0.25, -0.2) is 13.2 Å². The lowest BCUT2D eigenvalue weighted by molar-refractivity contribution is 0.0697. The zero-order valence-electron chi connectivity index (χ0n) is 15.4. The molecule has 2 aromatic carbocycles. The van der Waals surface area contributed by atoms with Crippen LogP contribution in [0.25, 0.3) is 0 Å². The van der Waals surface area contributed by atoms with E-state index in [1.165, 1.54) is 34.6 Å². The molecule has 1 amide bonds. The molecule has 0 aromatic heterocycles. The second kappa shape index (κ2) is 8.32. The Balaban J connectivity index is 2.35. The summed E-state index contributed by atoms with van der Waals surface area (Å²) in [5.74, 6) is -1.65. The molecule has 2 rings (SSSR count). The molecule has 0 aliphatic rings. The molecule has 7 nitrogen and oxygen atoms in total. The second-order valence-corrected chi connectivity index (χ2v) is 7.82. The van der Waals surface area contributed by atoms with Crippen LogP contribution < -0.4 is 5.32 Å². The predicted molar refractivity (Wildman–Crippen MR) is 103 cm³/mol. The Morgan fingerprint density at radius 1 is 1.04 bits per heavy atom. The second-order valence-electron chi connectivity index (χ2n) is 5.91. The molecule has 27 heavy (non-hydrogen) atoms. The highest BCUT2D eigenvalue weighted by Gasteiger charge is 2.24. The summed E-state index contributed by atoms with van der Waals surface area (Å²) >= 11 is 0. The van der Waals surface area contributed by atoms with Gasteiger partial charge < -0.3 is 10.4 Å². The summed E-state index contributed by atoms with van der Waals surface area (Å²) in [5.41, 5.74) is 1.06. The van der Waals surface area contributed by atoms with Gasteiger partial charge in [0.2, 0.25) is 10.0 Å². The molecular formula is C19H22N2O5S. The maximum absolute atomic E-state index is 12.8. The standard InChI is InChI=1S/C19H22N2O5S/c1-4-21(5-2)27(25,26)17-12-16(10-9-13(17)3)20-18(22)14-7-6-8-15(11-14)19(23)24/h6-12H,4-5H2,1-3H3,(H,20,22)(H,23,24). The van der Waals surface area contributed by atoms with Gasteiger partial charge in [-0.2, -0.15) is 4.31 Å². The quantitative estimate of drug-likeness (QED) is 0.756. The molecule has 0 atom stereocenters. The minimum absolute atomic E-state index is 0.00337. The van der Waals surface area contributed by atoms with Crippen molar-refractivity contribution in [2.45, 2.75) is 25.7 Å². The van der Waals surface area contributed by atoms with Gasteiger partial charge in [0, 0.05) is 24.3 Å². The number of carbonyl (C=O) groups excluding carboxylic acids is 1. The van der Waals surface area contributed by atoms with Crippen LogP contribution >= 0.6 is 0 Å². The summed E-state index contributed by atoms with van der Waals surface area (Å²) in [7, 11) is -3.67. The number of carbonyl (C=O) groups is 2. The van der Waals surface area contributed by atoms with Gasteiger partial charge in [-0.15, -0.1) is 0 Å². The molecule has 0 radical (unpaired) electrons. The van der Waals surface area contributed by atoms with Gasteiger partial charge in [0.25, 0.3) is 5.91 Å². The van der Waals surface area contributed by atoms with Crippen molar-refractivity contribution in [3.05, 3.63) is 59.2 Å². The van der Waals surface area contributed by atoms with E-state index in [0.29, 0.717) is 24.3 Å². The monoisotopic (exact) mass is 390 g/mol. The van der Waals surface area contributed by atoms with Crippen molar-refractivity contribution in [2.75, 3.05) is 18.4 Å². The van der Waals surface area contributed by atoms with Crippen molar-refractivity contribution in [3.8, 4) is 0 Å². The van der Waals surface area contributed by atoms with E-state index in [1.807, 2.05) is 0 Å². The number of hydrogen-bond donors (Lipinski definition) is 2. The van der Waals surface area contributed by atoms with Crippen LogP contribution in [0.4, 0.5) is 5.69 Å². The molecule has 2 N–H and O–H groups in total. The number of hydrogen-bond acceptors (Lipinski definition) is 4. The first-order valence-electron chi connectivity index (χ1n) is 8.46. The third-order valence-corrected chi connectivity index (χ3v) is 6.33. The van der Waals surface area contributed by atoms with Crippen molar-refractivity contribution in [1.29, 1.82) is 0 Å². The molecular weight excluding hydrogens is 368 g/mol. The fourth-order valence-electron chi connectivity index (χ4n) is 2.66. The molecule has 0 saturated heterocycles. The zero-order chi connectivity index (χ0) is 20.2. The lowest BCUT2D eigenvalue weighted by Crippen LogP contribution is -2.31. The van der Waals surface area contributed by atoms with Crippen molar-refractivity contribution in [3.63, 3.8) is 0 Å². The minimum atomic E-state index is -3.67. The smallest absolute Gasteiger partial charge is 0.335 e. The lowest BCUT2D eigenvalue weighted by Gasteiger charge is -2.20. The lowest BCUT2D eigenvalue weighted by atomic mass is 10.1. The van der Waals surface area contributed by atoms with Gasteiger partial charge in [-0.3, -0.25) is 4.79 Å². The van der Waals surface area contributed by atoms with Crippen LogP contribution in [0.2, 0.25) is 0 Å². The van der Waals surface area contributed by atoms with Crippen LogP contribution in [0.1, 0.15) is 40.1 Å². The molecule has 0 fully saturated rings. The number of carboxylic acids is 1. The topological polar surface area (TPSA) is 104 Å². The van der Waals surface area contributed by atoms with Crippen molar-refractivity contribution >= 4 is 27.6 Å². The van der Waals surface area contributed by atoms with E-state index in [-0.39, 0.29) is 16.0 Å². The maximum Gasteiger partial charge on any atom is 0.335 e. The highest BCUT2D eigenvalue weighted by Crippen LogP contribution is 2.24. The number of anilines is 1. The molecule has 0 spiro atoms. The van der Waals surface area contributed by atoms with E-state index >= 15 is 0 Å². The number of carboxylic acid groups (broad SMARTS) is 1. The normalized spacial score (nSPS) is 11.4. The number of aromatic carboxylic acids is 1. The van der Waals surface area contributed by atoms with Crippen LogP contribution in [0.5, 0.6) is 0 Å². The molecule has 0 unspecified atom stereocenters. The Bertz CT molecular complexity index is 966. The Morgan fingerprint density at radius 3 is 2.26 bits per heavy atom. The molecule has 0 heterocycles. The number of rotatable bonds is 7. The van der Waals surface area contributed by atoms with Crippen molar-refractivity contribution in [2.24, 2.45) is 0 Å². The maximum atomic E-state index is 12.8. The summed E-state index contributed by atoms with van der Waals surface area (Å²) in [5, 5.41) is 11.7. The number of aryl methyl sites for hydroxylation is 1. The largest absolute Gasteiger partial charge is 0.478 e. The van der Waals surface area contributed by atoms with Crippen LogP contribution in [0, 0.1) is 6.92 Å². The summed E-state index contributed by atoms with van der Waals surface area (Å²) < 4.78 is 26.9. The third kappa shape index (κ3) is 4.53. The Hall–Kier alpha value is -2.71. The summed E-state index contributed by atoms with van der Waals surface area (Å²) in [6, 6.07) is 10.3. The number of sulfonamides is 1. The first-order chi connectivity index (χ1) is 12.7. The summed E-state index contributed by atoms with van der Waals surface area (Å²) in [4.78, 5) is 23.6. The van der Waals surface area contributed by atoms with Gasteiger partial charge in [0.1, 0.15) is 0 Å². The van der Waals surface area contributed by atoms with Crippen molar-refractivity contribution < 1.29 is 23.1 Å². The van der Waals surface area contributed by atoms with E-state index < -0.39 is 21.9 Å². The van der Waals surface area contributed by atoms with Crippen molar-refractivity contribution in [1.82, 2.24) is 4.31 Å². The van der Waals surface area contributed by atoms with Crippen LogP contribution in [-0.2, 0) is 10.0 Å². The van der Waals surface area contributed by atoms with E-state index in [2.05, 4.69) is 5.32 Å². The SMILES string of the molecule is CCN(CC)S(=O)(=O)c1cc(NC(=O)c2cccc(C(=O)O)c2)ccc1C. The first-order valence-corrected chi connectivity index (χ1v) is 9.90. The van der Waals surface area contributed by atoms with E-state index in [0.717, 1.165) is 0 Å². The Kier molecular flexibility index (Phi) is 6.35. The average molecular weight is 390 g/mol. The molecule has 2 aromatic rings. The minimum Gasteiger partial charge on any atom is -0.478 e. The number of amides is 1. The molecule has 0 aliphatic carbocycles. The molecule has 144 valence electrons. The number of nitrogens with zero attached hydrogens (tertiary/aromatic N) is 1. The Labute approximate surface area is 158 Å². The van der Waals surface area contributed by atoms with E-state index in [9.17, 15) is 18.0 Å². The fraction of sp³-hybridized carbons (Fsp3) is 0.263. The van der Waals surface area contributed by atoms with Crippen LogP contribution in [0.3, 0.4) is 0 Å². The zero-order valence-corrected chi connectivity index (χ0v) is 16.2. The predicted octanol–water partition coefficient (Wildman–Crippen LogP) is 2.98. The Morgan fingerprint density at radius 2 is 1.67 bits per heavy atom. The third-order valence-electron chi connectivity index (χ3n) is 4.14. The van der Waals surface area contributed by atoms with E-state index in [1.54, 1.807) is 32.9 Å².